The van der Waals surface area contributed by atoms with Crippen molar-refractivity contribution in [2.75, 3.05) is 18.8 Å². The van der Waals surface area contributed by atoms with E-state index in [1.165, 1.54) is 0 Å². The second-order valence-electron chi connectivity index (χ2n) is 6.51. The second-order valence-corrected chi connectivity index (χ2v) is 6.51. The summed E-state index contributed by atoms with van der Waals surface area (Å²) in [5, 5.41) is 17.8. The molecule has 2 aromatic heterocycles. The molecule has 8 nitrogen and oxygen atoms in total. The number of nitrogen functional groups attached to an aromatic ring is 1. The van der Waals surface area contributed by atoms with Crippen LogP contribution in [0.4, 0.5) is 5.82 Å². The number of fused-ring (bicyclic) bond motifs is 1. The van der Waals surface area contributed by atoms with Crippen molar-refractivity contribution in [1.29, 1.82) is 0 Å². The number of aliphatic hydroxyl groups excluding tert-OH is 1. The SMILES string of the molecule is CCC[C@H](C)Oc1nc(N)c2ncc(CC3CCNCC3O)n2n1. The predicted molar refractivity (Wildman–Crippen MR) is 90.9 cm³/mol. The molecule has 1 fully saturated rings. The van der Waals surface area contributed by atoms with Gasteiger partial charge in [0.25, 0.3) is 0 Å². The molecule has 24 heavy (non-hydrogen) atoms. The Morgan fingerprint density at radius 2 is 2.38 bits per heavy atom. The van der Waals surface area contributed by atoms with Crippen LogP contribution in [0.25, 0.3) is 5.65 Å². The van der Waals surface area contributed by atoms with E-state index in [2.05, 4.69) is 27.3 Å². The molecule has 2 aromatic rings. The number of aromatic nitrogens is 4. The number of ether oxygens (including phenoxy) is 1. The van der Waals surface area contributed by atoms with Crippen molar-refractivity contribution >= 4 is 11.5 Å². The fourth-order valence-corrected chi connectivity index (χ4v) is 3.17. The molecule has 0 saturated carbocycles. The van der Waals surface area contributed by atoms with Crippen LogP contribution < -0.4 is 15.8 Å². The number of imidazole rings is 1. The molecule has 0 aromatic carbocycles. The maximum atomic E-state index is 10.2. The minimum absolute atomic E-state index is 0.0325. The lowest BCUT2D eigenvalue weighted by atomic mass is 9.91. The number of anilines is 1. The van der Waals surface area contributed by atoms with E-state index in [1.807, 2.05) is 6.92 Å². The van der Waals surface area contributed by atoms with Gasteiger partial charge in [0, 0.05) is 6.54 Å². The Morgan fingerprint density at radius 1 is 1.54 bits per heavy atom. The Bertz CT molecular complexity index is 689. The van der Waals surface area contributed by atoms with Crippen molar-refractivity contribution in [1.82, 2.24) is 24.9 Å². The maximum Gasteiger partial charge on any atom is 0.336 e. The average molecular weight is 334 g/mol. The molecule has 3 atom stereocenters. The summed E-state index contributed by atoms with van der Waals surface area (Å²) >= 11 is 0. The zero-order chi connectivity index (χ0) is 17.1. The smallest absolute Gasteiger partial charge is 0.336 e. The lowest BCUT2D eigenvalue weighted by Crippen LogP contribution is -2.41. The highest BCUT2D eigenvalue weighted by Crippen LogP contribution is 2.21. The Labute approximate surface area is 141 Å². The van der Waals surface area contributed by atoms with Gasteiger partial charge in [0.1, 0.15) is 0 Å². The fraction of sp³-hybridized carbons (Fsp3) is 0.688. The third kappa shape index (κ3) is 3.59. The highest BCUT2D eigenvalue weighted by Gasteiger charge is 2.25. The summed E-state index contributed by atoms with van der Waals surface area (Å²) in [7, 11) is 0. The third-order valence-corrected chi connectivity index (χ3v) is 4.50. The van der Waals surface area contributed by atoms with Crippen LogP contribution in [-0.4, -0.2) is 50.0 Å². The number of hydrogen-bond donors (Lipinski definition) is 3. The monoisotopic (exact) mass is 334 g/mol. The standard InChI is InChI=1S/C16H26N6O2/c1-3-4-10(2)24-16-20-14(17)15-19-8-12(22(15)21-16)7-11-5-6-18-9-13(11)23/h8,10-11,13,18,23H,3-7,9H2,1-2H3,(H2,17,20,21)/t10-,11?,13?/m0/s1. The van der Waals surface area contributed by atoms with Gasteiger partial charge in [0.05, 0.1) is 24.1 Å². The van der Waals surface area contributed by atoms with E-state index in [-0.39, 0.29) is 24.1 Å². The topological polar surface area (TPSA) is 111 Å². The van der Waals surface area contributed by atoms with Gasteiger partial charge in [-0.15, -0.1) is 5.10 Å². The van der Waals surface area contributed by atoms with E-state index in [0.29, 0.717) is 24.4 Å². The molecule has 0 radical (unpaired) electrons. The van der Waals surface area contributed by atoms with E-state index < -0.39 is 0 Å². The Morgan fingerprint density at radius 3 is 3.12 bits per heavy atom. The van der Waals surface area contributed by atoms with Gasteiger partial charge in [0.15, 0.2) is 11.5 Å². The maximum absolute atomic E-state index is 10.2. The van der Waals surface area contributed by atoms with Gasteiger partial charge < -0.3 is 20.9 Å². The molecular weight excluding hydrogens is 308 g/mol. The van der Waals surface area contributed by atoms with Crippen LogP contribution >= 0.6 is 0 Å². The first kappa shape index (κ1) is 16.9. The lowest BCUT2D eigenvalue weighted by molar-refractivity contribution is 0.0812. The molecule has 2 unspecified atom stereocenters. The first-order chi connectivity index (χ1) is 11.6. The van der Waals surface area contributed by atoms with Gasteiger partial charge in [-0.25, -0.2) is 9.50 Å². The fourth-order valence-electron chi connectivity index (χ4n) is 3.17. The molecule has 8 heteroatoms. The summed E-state index contributed by atoms with van der Waals surface area (Å²) in [6, 6.07) is 0.269. The molecule has 3 rings (SSSR count). The largest absolute Gasteiger partial charge is 0.459 e. The molecule has 3 heterocycles. The zero-order valence-corrected chi connectivity index (χ0v) is 14.3. The van der Waals surface area contributed by atoms with Crippen molar-refractivity contribution in [3.05, 3.63) is 11.9 Å². The Kier molecular flexibility index (Phi) is 5.15. The number of aliphatic hydroxyl groups is 1. The highest BCUT2D eigenvalue weighted by molar-refractivity contribution is 5.59. The first-order valence-electron chi connectivity index (χ1n) is 8.64. The summed E-state index contributed by atoms with van der Waals surface area (Å²) in [6.45, 7) is 5.64. The average Bonchev–Trinajstić information content (AvgIpc) is 2.93. The van der Waals surface area contributed by atoms with Gasteiger partial charge in [0.2, 0.25) is 0 Å². The van der Waals surface area contributed by atoms with Crippen LogP contribution in [0.2, 0.25) is 0 Å². The number of nitrogens with one attached hydrogen (secondary N) is 1. The number of nitrogens with two attached hydrogens (primary N) is 1. The van der Waals surface area contributed by atoms with Crippen LogP contribution in [0.5, 0.6) is 6.01 Å². The molecule has 0 amide bonds. The molecule has 1 aliphatic rings. The van der Waals surface area contributed by atoms with Crippen molar-refractivity contribution in [3.63, 3.8) is 0 Å². The lowest BCUT2D eigenvalue weighted by Gasteiger charge is -2.27. The van der Waals surface area contributed by atoms with Gasteiger partial charge in [-0.05, 0) is 38.6 Å². The number of β-amino-alcohol motifs (C(OH)–C–C–N with tert-alkyl or cyclic N) is 1. The van der Waals surface area contributed by atoms with Crippen LogP contribution in [-0.2, 0) is 6.42 Å². The molecule has 1 saturated heterocycles. The molecule has 132 valence electrons. The van der Waals surface area contributed by atoms with Crippen LogP contribution in [0.1, 0.15) is 38.8 Å². The molecule has 0 spiro atoms. The van der Waals surface area contributed by atoms with Gasteiger partial charge in [-0.1, -0.05) is 13.3 Å². The van der Waals surface area contributed by atoms with Crippen molar-refractivity contribution < 1.29 is 9.84 Å². The van der Waals surface area contributed by atoms with E-state index in [1.54, 1.807) is 10.7 Å². The molecular formula is C16H26N6O2. The van der Waals surface area contributed by atoms with E-state index >= 15 is 0 Å². The minimum Gasteiger partial charge on any atom is -0.459 e. The van der Waals surface area contributed by atoms with Crippen LogP contribution in [0.15, 0.2) is 6.20 Å². The molecule has 0 aliphatic carbocycles. The number of hydrogen-bond acceptors (Lipinski definition) is 7. The second kappa shape index (κ2) is 7.31. The number of nitrogens with zero attached hydrogens (tertiary/aromatic N) is 4. The van der Waals surface area contributed by atoms with Crippen molar-refractivity contribution in [3.8, 4) is 6.01 Å². The Hall–Kier alpha value is -1.93. The van der Waals surface area contributed by atoms with E-state index in [9.17, 15) is 5.11 Å². The van der Waals surface area contributed by atoms with Crippen LogP contribution in [0, 0.1) is 5.92 Å². The van der Waals surface area contributed by atoms with Crippen LogP contribution in [0.3, 0.4) is 0 Å². The molecule has 4 N–H and O–H groups in total. The molecule has 0 bridgehead atoms. The quantitative estimate of drug-likeness (QED) is 0.716. The van der Waals surface area contributed by atoms with Crippen molar-refractivity contribution in [2.24, 2.45) is 5.92 Å². The van der Waals surface area contributed by atoms with E-state index in [4.69, 9.17) is 10.5 Å². The first-order valence-corrected chi connectivity index (χ1v) is 8.64. The summed E-state index contributed by atoms with van der Waals surface area (Å²) in [4.78, 5) is 8.53. The number of rotatable bonds is 6. The summed E-state index contributed by atoms with van der Waals surface area (Å²) < 4.78 is 7.47. The summed E-state index contributed by atoms with van der Waals surface area (Å²) in [5.74, 6) is 0.492. The van der Waals surface area contributed by atoms with Gasteiger partial charge in [-0.3, -0.25) is 0 Å². The highest BCUT2D eigenvalue weighted by atomic mass is 16.5. The van der Waals surface area contributed by atoms with Gasteiger partial charge in [-0.2, -0.15) is 4.98 Å². The third-order valence-electron chi connectivity index (χ3n) is 4.50. The zero-order valence-electron chi connectivity index (χ0n) is 14.3. The predicted octanol–water partition coefficient (Wildman–Crippen LogP) is 0.787. The van der Waals surface area contributed by atoms with Crippen molar-refractivity contribution in [2.45, 2.75) is 51.7 Å². The normalized spacial score (nSPS) is 22.6. The Balaban J connectivity index is 1.84. The summed E-state index contributed by atoms with van der Waals surface area (Å²) in [6.07, 6.45) is 5.01. The minimum atomic E-state index is -0.358. The summed E-state index contributed by atoms with van der Waals surface area (Å²) in [5.41, 5.74) is 7.45. The molecule has 1 aliphatic heterocycles. The number of piperidine rings is 1. The van der Waals surface area contributed by atoms with E-state index in [0.717, 1.165) is 31.5 Å². The van der Waals surface area contributed by atoms with Gasteiger partial charge >= 0.3 is 6.01 Å².